The standard InChI is InChI=1S/C20H19F2N3O2/c1-24-17-7-6-13(21)12-15(17)18(26)23-20(24)8-10-25(11-9-20)19(27)14-4-2-3-5-16(14)22/h2-7,12H,8-11H2,1H3,(H,23,26). The maximum Gasteiger partial charge on any atom is 0.256 e. The van der Waals surface area contributed by atoms with E-state index in [0.717, 1.165) is 0 Å². The summed E-state index contributed by atoms with van der Waals surface area (Å²) in [5.74, 6) is -1.67. The highest BCUT2D eigenvalue weighted by Gasteiger charge is 2.45. The summed E-state index contributed by atoms with van der Waals surface area (Å²) in [4.78, 5) is 28.7. The van der Waals surface area contributed by atoms with E-state index in [-0.39, 0.29) is 17.4 Å². The molecular weight excluding hydrogens is 352 g/mol. The number of nitrogens with zero attached hydrogens (tertiary/aromatic N) is 2. The van der Waals surface area contributed by atoms with Crippen LogP contribution in [0.1, 0.15) is 33.6 Å². The van der Waals surface area contributed by atoms with Gasteiger partial charge in [0.2, 0.25) is 0 Å². The lowest BCUT2D eigenvalue weighted by Gasteiger charge is -2.51. The average Bonchev–Trinajstić information content (AvgIpc) is 2.67. The Balaban J connectivity index is 1.55. The third kappa shape index (κ3) is 2.83. The van der Waals surface area contributed by atoms with Crippen LogP contribution in [0.5, 0.6) is 0 Å². The van der Waals surface area contributed by atoms with Gasteiger partial charge in [-0.15, -0.1) is 0 Å². The SMILES string of the molecule is CN1c2ccc(F)cc2C(=O)NC12CCN(C(=O)c1ccccc1F)CC2. The normalized spacial score (nSPS) is 18.3. The highest BCUT2D eigenvalue weighted by molar-refractivity contribution is 6.02. The number of amides is 2. The fourth-order valence-corrected chi connectivity index (χ4v) is 3.92. The van der Waals surface area contributed by atoms with E-state index in [1.165, 1.54) is 24.3 Å². The Bertz CT molecular complexity index is 923. The number of anilines is 1. The van der Waals surface area contributed by atoms with E-state index < -0.39 is 17.3 Å². The van der Waals surface area contributed by atoms with E-state index in [2.05, 4.69) is 5.32 Å². The minimum atomic E-state index is -0.645. The van der Waals surface area contributed by atoms with Crippen molar-refractivity contribution in [1.29, 1.82) is 0 Å². The lowest BCUT2D eigenvalue weighted by molar-refractivity contribution is 0.0605. The zero-order valence-electron chi connectivity index (χ0n) is 14.8. The van der Waals surface area contributed by atoms with Gasteiger partial charge in [0.15, 0.2) is 0 Å². The predicted octanol–water partition coefficient (Wildman–Crippen LogP) is 2.78. The molecule has 1 spiro atoms. The number of likely N-dealkylation sites (tertiary alicyclic amines) is 1. The third-order valence-corrected chi connectivity index (χ3v) is 5.53. The molecule has 2 aliphatic heterocycles. The molecule has 2 amide bonds. The quantitative estimate of drug-likeness (QED) is 0.839. The summed E-state index contributed by atoms with van der Waals surface area (Å²) in [5, 5.41) is 2.98. The Hall–Kier alpha value is -2.96. The average molecular weight is 371 g/mol. The zero-order valence-corrected chi connectivity index (χ0v) is 14.8. The minimum Gasteiger partial charge on any atom is -0.351 e. The van der Waals surface area contributed by atoms with Crippen LogP contribution in [0, 0.1) is 11.6 Å². The smallest absolute Gasteiger partial charge is 0.256 e. The van der Waals surface area contributed by atoms with Gasteiger partial charge in [0.05, 0.1) is 16.8 Å². The van der Waals surface area contributed by atoms with Crippen LogP contribution in [-0.2, 0) is 0 Å². The zero-order chi connectivity index (χ0) is 19.2. The van der Waals surface area contributed by atoms with E-state index >= 15 is 0 Å². The fraction of sp³-hybridized carbons (Fsp3) is 0.300. The van der Waals surface area contributed by atoms with Crippen LogP contribution < -0.4 is 10.2 Å². The first-order chi connectivity index (χ1) is 12.9. The fourth-order valence-electron chi connectivity index (χ4n) is 3.92. The monoisotopic (exact) mass is 371 g/mol. The lowest BCUT2D eigenvalue weighted by atomic mass is 9.90. The molecular formula is C20H19F2N3O2. The first kappa shape index (κ1) is 17.5. The summed E-state index contributed by atoms with van der Waals surface area (Å²) in [6, 6.07) is 10.1. The number of halogens is 2. The van der Waals surface area contributed by atoms with Crippen molar-refractivity contribution >= 4 is 17.5 Å². The number of fused-ring (bicyclic) bond motifs is 1. The van der Waals surface area contributed by atoms with Crippen molar-refractivity contribution in [3.05, 3.63) is 65.2 Å². The molecule has 5 nitrogen and oxygen atoms in total. The van der Waals surface area contributed by atoms with Crippen molar-refractivity contribution in [2.45, 2.75) is 18.5 Å². The summed E-state index contributed by atoms with van der Waals surface area (Å²) in [6.07, 6.45) is 0.985. The molecule has 0 aliphatic carbocycles. The molecule has 7 heteroatoms. The van der Waals surface area contributed by atoms with Gasteiger partial charge < -0.3 is 15.1 Å². The highest BCUT2D eigenvalue weighted by atomic mass is 19.1. The number of carbonyl (C=O) groups excluding carboxylic acids is 2. The first-order valence-electron chi connectivity index (χ1n) is 8.81. The predicted molar refractivity (Wildman–Crippen MR) is 96.5 cm³/mol. The maximum absolute atomic E-state index is 13.9. The maximum atomic E-state index is 13.9. The molecule has 1 saturated heterocycles. The lowest BCUT2D eigenvalue weighted by Crippen LogP contribution is -2.67. The first-order valence-corrected chi connectivity index (χ1v) is 8.81. The van der Waals surface area contributed by atoms with Gasteiger partial charge in [-0.25, -0.2) is 8.78 Å². The van der Waals surface area contributed by atoms with E-state index in [1.807, 2.05) is 11.9 Å². The number of benzene rings is 2. The van der Waals surface area contributed by atoms with Crippen LogP contribution in [0.3, 0.4) is 0 Å². The molecule has 0 atom stereocenters. The third-order valence-electron chi connectivity index (χ3n) is 5.53. The van der Waals surface area contributed by atoms with Gasteiger partial charge in [-0.3, -0.25) is 9.59 Å². The number of carbonyl (C=O) groups is 2. The summed E-state index contributed by atoms with van der Waals surface area (Å²) in [5.41, 5.74) is 0.366. The molecule has 0 unspecified atom stereocenters. The molecule has 2 aromatic carbocycles. The Morgan fingerprint density at radius 1 is 1.11 bits per heavy atom. The molecule has 2 heterocycles. The molecule has 0 bridgehead atoms. The number of hydrogen-bond acceptors (Lipinski definition) is 3. The second-order valence-corrected chi connectivity index (χ2v) is 6.98. The molecule has 27 heavy (non-hydrogen) atoms. The van der Waals surface area contributed by atoms with Gasteiger partial charge in [0.25, 0.3) is 11.8 Å². The van der Waals surface area contributed by atoms with Gasteiger partial charge in [-0.2, -0.15) is 0 Å². The van der Waals surface area contributed by atoms with Crippen molar-refractivity contribution in [3.63, 3.8) is 0 Å². The Morgan fingerprint density at radius 3 is 2.52 bits per heavy atom. The second kappa shape index (κ2) is 6.33. The number of hydrogen-bond donors (Lipinski definition) is 1. The second-order valence-electron chi connectivity index (χ2n) is 6.98. The van der Waals surface area contributed by atoms with Crippen LogP contribution in [0.15, 0.2) is 42.5 Å². The summed E-state index contributed by atoms with van der Waals surface area (Å²) in [7, 11) is 1.85. The molecule has 1 N–H and O–H groups in total. The van der Waals surface area contributed by atoms with Gasteiger partial charge in [0, 0.05) is 33.0 Å². The Morgan fingerprint density at radius 2 is 1.81 bits per heavy atom. The van der Waals surface area contributed by atoms with E-state index in [4.69, 9.17) is 0 Å². The van der Waals surface area contributed by atoms with Gasteiger partial charge in [-0.1, -0.05) is 12.1 Å². The van der Waals surface area contributed by atoms with Gasteiger partial charge >= 0.3 is 0 Å². The van der Waals surface area contributed by atoms with E-state index in [0.29, 0.717) is 37.2 Å². The number of piperidine rings is 1. The summed E-state index contributed by atoms with van der Waals surface area (Å²) < 4.78 is 27.4. The van der Waals surface area contributed by atoms with Crippen LogP contribution in [-0.4, -0.2) is 42.5 Å². The van der Waals surface area contributed by atoms with Crippen LogP contribution in [0.25, 0.3) is 0 Å². The highest BCUT2D eigenvalue weighted by Crippen LogP contribution is 2.36. The van der Waals surface area contributed by atoms with Crippen molar-refractivity contribution in [2.24, 2.45) is 0 Å². The Kier molecular flexibility index (Phi) is 4.09. The molecule has 0 radical (unpaired) electrons. The van der Waals surface area contributed by atoms with Gasteiger partial charge in [-0.05, 0) is 30.3 Å². The summed E-state index contributed by atoms with van der Waals surface area (Å²) in [6.45, 7) is 0.766. The van der Waals surface area contributed by atoms with Gasteiger partial charge in [0.1, 0.15) is 17.3 Å². The van der Waals surface area contributed by atoms with Crippen molar-refractivity contribution < 1.29 is 18.4 Å². The summed E-state index contributed by atoms with van der Waals surface area (Å²) >= 11 is 0. The van der Waals surface area contributed by atoms with E-state index in [1.54, 1.807) is 23.1 Å². The number of rotatable bonds is 1. The van der Waals surface area contributed by atoms with Crippen molar-refractivity contribution in [3.8, 4) is 0 Å². The van der Waals surface area contributed by atoms with Crippen LogP contribution >= 0.6 is 0 Å². The van der Waals surface area contributed by atoms with Crippen molar-refractivity contribution in [2.75, 3.05) is 25.0 Å². The topological polar surface area (TPSA) is 52.7 Å². The molecule has 4 rings (SSSR count). The molecule has 2 aromatic rings. The van der Waals surface area contributed by atoms with E-state index in [9.17, 15) is 18.4 Å². The molecule has 1 fully saturated rings. The number of nitrogens with one attached hydrogen (secondary N) is 1. The largest absolute Gasteiger partial charge is 0.351 e. The molecule has 0 saturated carbocycles. The molecule has 0 aromatic heterocycles. The Labute approximate surface area is 155 Å². The van der Waals surface area contributed by atoms with Crippen LogP contribution in [0.4, 0.5) is 14.5 Å². The van der Waals surface area contributed by atoms with Crippen molar-refractivity contribution in [1.82, 2.24) is 10.2 Å². The molecule has 2 aliphatic rings. The molecule has 140 valence electrons. The van der Waals surface area contributed by atoms with Crippen LogP contribution in [0.2, 0.25) is 0 Å². The minimum absolute atomic E-state index is 0.0512.